The van der Waals surface area contributed by atoms with Gasteiger partial charge in [-0.05, 0) is 25.0 Å². The van der Waals surface area contributed by atoms with Crippen LogP contribution in [0.25, 0.3) is 10.9 Å². The Morgan fingerprint density at radius 3 is 2.44 bits per heavy atom. The van der Waals surface area contributed by atoms with E-state index in [1.165, 1.54) is 0 Å². The summed E-state index contributed by atoms with van der Waals surface area (Å²) < 4.78 is 0.814. The van der Waals surface area contributed by atoms with Crippen molar-refractivity contribution in [1.82, 2.24) is 14.9 Å². The van der Waals surface area contributed by atoms with Crippen molar-refractivity contribution in [3.05, 3.63) is 45.1 Å². The second-order valence-corrected chi connectivity index (χ2v) is 5.97. The zero-order chi connectivity index (χ0) is 18.6. The summed E-state index contributed by atoms with van der Waals surface area (Å²) in [6.45, 7) is 3.09. The number of carbonyl (C=O) groups is 2. The van der Waals surface area contributed by atoms with E-state index in [2.05, 4.69) is 10.3 Å². The number of carbonyl (C=O) groups excluding carboxylic acids is 1. The second-order valence-electron chi connectivity index (χ2n) is 5.97. The van der Waals surface area contributed by atoms with Crippen molar-refractivity contribution in [3.63, 3.8) is 0 Å². The van der Waals surface area contributed by atoms with Gasteiger partial charge in [-0.1, -0.05) is 26.0 Å². The molecule has 2 rings (SSSR count). The maximum atomic E-state index is 12.4. The molecular formula is C17H21N3O5. The van der Waals surface area contributed by atoms with Crippen LogP contribution in [0.15, 0.2) is 33.9 Å². The zero-order valence-electron chi connectivity index (χ0n) is 14.2. The van der Waals surface area contributed by atoms with Crippen LogP contribution in [0.2, 0.25) is 0 Å². The summed E-state index contributed by atoms with van der Waals surface area (Å²) in [6, 6.07) is 6.53. The number of fused-ring (bicyclic) bond motifs is 1. The fourth-order valence-corrected chi connectivity index (χ4v) is 2.83. The number of rotatable bonds is 7. The van der Waals surface area contributed by atoms with Gasteiger partial charge in [0.25, 0.3) is 5.56 Å². The molecule has 0 bridgehead atoms. The Morgan fingerprint density at radius 2 is 1.84 bits per heavy atom. The van der Waals surface area contributed by atoms with Crippen molar-refractivity contribution < 1.29 is 14.7 Å². The standard InChI is InChI=1S/C17H21N3O5/c1-3-17(4-2,9-14(22)23)19-13(21)10-20-15(24)11-7-5-6-8-12(11)18-16(20)25/h5-8H,3-4,9-10H2,1-2H3,(H,18,25)(H,19,21)(H,22,23). The van der Waals surface area contributed by atoms with Crippen LogP contribution in [0.4, 0.5) is 0 Å². The molecule has 134 valence electrons. The van der Waals surface area contributed by atoms with E-state index in [-0.39, 0.29) is 6.42 Å². The van der Waals surface area contributed by atoms with E-state index in [9.17, 15) is 19.2 Å². The van der Waals surface area contributed by atoms with E-state index in [0.29, 0.717) is 23.7 Å². The average Bonchev–Trinajstić information content (AvgIpc) is 2.57. The Kier molecular flexibility index (Phi) is 5.41. The zero-order valence-corrected chi connectivity index (χ0v) is 14.2. The second kappa shape index (κ2) is 7.33. The SMILES string of the molecule is CCC(CC)(CC(=O)O)NC(=O)Cn1c(=O)[nH]c2ccccc2c1=O. The lowest BCUT2D eigenvalue weighted by molar-refractivity contribution is -0.139. The lowest BCUT2D eigenvalue weighted by atomic mass is 9.89. The molecule has 0 saturated heterocycles. The number of carboxylic acids is 1. The van der Waals surface area contributed by atoms with Crippen molar-refractivity contribution in [1.29, 1.82) is 0 Å². The first-order valence-electron chi connectivity index (χ1n) is 8.06. The lowest BCUT2D eigenvalue weighted by Crippen LogP contribution is -2.51. The van der Waals surface area contributed by atoms with Gasteiger partial charge in [0.1, 0.15) is 6.54 Å². The minimum atomic E-state index is -1.02. The van der Waals surface area contributed by atoms with Gasteiger partial charge in [-0.3, -0.25) is 19.0 Å². The van der Waals surface area contributed by atoms with Crippen molar-refractivity contribution in [3.8, 4) is 0 Å². The van der Waals surface area contributed by atoms with Gasteiger partial charge in [0.15, 0.2) is 0 Å². The number of H-pyrrole nitrogens is 1. The number of hydrogen-bond acceptors (Lipinski definition) is 4. The van der Waals surface area contributed by atoms with Gasteiger partial charge in [-0.15, -0.1) is 0 Å². The van der Waals surface area contributed by atoms with Crippen molar-refractivity contribution in [2.45, 2.75) is 45.2 Å². The maximum absolute atomic E-state index is 12.4. The summed E-state index contributed by atoms with van der Waals surface area (Å²) in [5.74, 6) is -1.60. The minimum Gasteiger partial charge on any atom is -0.481 e. The molecule has 0 unspecified atom stereocenters. The fraction of sp³-hybridized carbons (Fsp3) is 0.412. The number of aliphatic carboxylic acids is 1. The highest BCUT2D eigenvalue weighted by molar-refractivity contribution is 5.80. The van der Waals surface area contributed by atoms with Crippen molar-refractivity contribution in [2.24, 2.45) is 0 Å². The number of nitrogens with zero attached hydrogens (tertiary/aromatic N) is 1. The van der Waals surface area contributed by atoms with Crippen LogP contribution in [0.1, 0.15) is 33.1 Å². The van der Waals surface area contributed by atoms with Crippen molar-refractivity contribution in [2.75, 3.05) is 0 Å². The Bertz CT molecular complexity index is 908. The molecule has 3 N–H and O–H groups in total. The third kappa shape index (κ3) is 3.96. The Morgan fingerprint density at radius 1 is 1.20 bits per heavy atom. The van der Waals surface area contributed by atoms with Crippen LogP contribution < -0.4 is 16.6 Å². The topological polar surface area (TPSA) is 121 Å². The summed E-state index contributed by atoms with van der Waals surface area (Å²) in [6.07, 6.45) is 0.615. The third-order valence-corrected chi connectivity index (χ3v) is 4.44. The molecule has 0 radical (unpaired) electrons. The molecule has 1 amide bonds. The summed E-state index contributed by atoms with van der Waals surface area (Å²) >= 11 is 0. The molecule has 0 spiro atoms. The van der Waals surface area contributed by atoms with Gasteiger partial charge in [0.2, 0.25) is 5.91 Å². The minimum absolute atomic E-state index is 0.227. The molecule has 2 aromatic rings. The van der Waals surface area contributed by atoms with Crippen LogP contribution in [0.3, 0.4) is 0 Å². The Balaban J connectivity index is 2.32. The molecule has 8 heteroatoms. The normalized spacial score (nSPS) is 11.4. The Labute approximate surface area is 143 Å². The first kappa shape index (κ1) is 18.4. The molecule has 8 nitrogen and oxygen atoms in total. The smallest absolute Gasteiger partial charge is 0.329 e. The number of nitrogens with one attached hydrogen (secondary N) is 2. The van der Waals surface area contributed by atoms with Crippen LogP contribution in [0, 0.1) is 0 Å². The number of carboxylic acid groups (broad SMARTS) is 1. The molecule has 0 saturated carbocycles. The number of aromatic nitrogens is 2. The Hall–Kier alpha value is -2.90. The summed E-state index contributed by atoms with van der Waals surface area (Å²) in [4.78, 5) is 50.5. The van der Waals surface area contributed by atoms with Crippen LogP contribution in [0.5, 0.6) is 0 Å². The molecule has 0 aliphatic carbocycles. The van der Waals surface area contributed by atoms with Crippen LogP contribution in [-0.2, 0) is 16.1 Å². The number of hydrogen-bond donors (Lipinski definition) is 3. The number of para-hydroxylation sites is 1. The summed E-state index contributed by atoms with van der Waals surface area (Å²) in [5, 5.41) is 12.0. The van der Waals surface area contributed by atoms with Gasteiger partial charge in [0.05, 0.1) is 22.9 Å². The molecule has 1 aromatic heterocycles. The molecule has 0 aliphatic heterocycles. The van der Waals surface area contributed by atoms with Gasteiger partial charge in [0, 0.05) is 0 Å². The quantitative estimate of drug-likeness (QED) is 0.685. The monoisotopic (exact) mass is 347 g/mol. The van der Waals surface area contributed by atoms with E-state index in [0.717, 1.165) is 4.57 Å². The van der Waals surface area contributed by atoms with Gasteiger partial charge < -0.3 is 15.4 Å². The predicted octanol–water partition coefficient (Wildman–Crippen LogP) is 0.839. The predicted molar refractivity (Wildman–Crippen MR) is 92.5 cm³/mol. The summed E-state index contributed by atoms with van der Waals surface area (Å²) in [7, 11) is 0. The van der Waals surface area contributed by atoms with Crippen molar-refractivity contribution >= 4 is 22.8 Å². The highest BCUT2D eigenvalue weighted by Crippen LogP contribution is 2.19. The number of benzene rings is 1. The fourth-order valence-electron chi connectivity index (χ4n) is 2.83. The van der Waals surface area contributed by atoms with E-state index >= 15 is 0 Å². The highest BCUT2D eigenvalue weighted by atomic mass is 16.4. The molecule has 0 atom stereocenters. The van der Waals surface area contributed by atoms with E-state index in [1.54, 1.807) is 38.1 Å². The molecule has 1 aromatic carbocycles. The third-order valence-electron chi connectivity index (χ3n) is 4.44. The van der Waals surface area contributed by atoms with E-state index in [4.69, 9.17) is 5.11 Å². The van der Waals surface area contributed by atoms with E-state index < -0.39 is 35.2 Å². The molecule has 0 aliphatic rings. The first-order chi connectivity index (χ1) is 11.8. The lowest BCUT2D eigenvalue weighted by Gasteiger charge is -2.31. The van der Waals surface area contributed by atoms with Crippen LogP contribution >= 0.6 is 0 Å². The van der Waals surface area contributed by atoms with Gasteiger partial charge in [-0.2, -0.15) is 0 Å². The maximum Gasteiger partial charge on any atom is 0.329 e. The highest BCUT2D eigenvalue weighted by Gasteiger charge is 2.31. The van der Waals surface area contributed by atoms with Gasteiger partial charge >= 0.3 is 11.7 Å². The van der Waals surface area contributed by atoms with Crippen LogP contribution in [-0.4, -0.2) is 32.1 Å². The molecular weight excluding hydrogens is 326 g/mol. The summed E-state index contributed by atoms with van der Waals surface area (Å²) in [5.41, 5.74) is -1.76. The largest absolute Gasteiger partial charge is 0.481 e. The average molecular weight is 347 g/mol. The molecule has 25 heavy (non-hydrogen) atoms. The molecule has 0 fully saturated rings. The number of amides is 1. The van der Waals surface area contributed by atoms with Gasteiger partial charge in [-0.25, -0.2) is 4.79 Å². The number of aromatic amines is 1. The first-order valence-corrected chi connectivity index (χ1v) is 8.06. The molecule has 1 heterocycles. The van der Waals surface area contributed by atoms with E-state index in [1.807, 2.05) is 0 Å².